The van der Waals surface area contributed by atoms with E-state index in [9.17, 15) is 0 Å². The molecular formula is C31H46N2Pd-2. The maximum Gasteiger partial charge on any atom is -0.358 e. The molecule has 0 saturated heterocycles. The summed E-state index contributed by atoms with van der Waals surface area (Å²) >= 11 is 3.67. The van der Waals surface area contributed by atoms with Gasteiger partial charge >= 0.3 is 206 Å². The first-order valence-corrected chi connectivity index (χ1v) is 12.8. The molecule has 0 aliphatic heterocycles. The van der Waals surface area contributed by atoms with E-state index in [1.807, 2.05) is 0 Å². The monoisotopic (exact) mass is 552 g/mol. The van der Waals surface area contributed by atoms with E-state index in [-0.39, 0.29) is 14.9 Å². The summed E-state index contributed by atoms with van der Waals surface area (Å²) in [6.07, 6.45) is 4.46. The quantitative estimate of drug-likeness (QED) is 0.213. The van der Waals surface area contributed by atoms with Crippen LogP contribution in [0.1, 0.15) is 112 Å². The number of aromatic nitrogens is 2. The molecule has 3 aromatic rings. The van der Waals surface area contributed by atoms with E-state index in [4.69, 9.17) is 0 Å². The van der Waals surface area contributed by atoms with E-state index >= 15 is 0 Å². The fourth-order valence-electron chi connectivity index (χ4n) is 4.67. The Kier molecular flexibility index (Phi) is 10.6. The van der Waals surface area contributed by atoms with Crippen molar-refractivity contribution in [3.8, 4) is 11.4 Å². The molecule has 0 unspecified atom stereocenters. The summed E-state index contributed by atoms with van der Waals surface area (Å²) in [5, 5.41) is 0. The van der Waals surface area contributed by atoms with E-state index in [1.54, 1.807) is 0 Å². The molecule has 0 fully saturated rings. The van der Waals surface area contributed by atoms with Crippen LogP contribution in [0.15, 0.2) is 36.7 Å². The maximum atomic E-state index is 3.67. The fraction of sp³-hybridized carbons (Fsp3) is 0.452. The summed E-state index contributed by atoms with van der Waals surface area (Å²) in [5.74, 6) is 1.80. The minimum Gasteiger partial charge on any atom is -0.358 e. The Morgan fingerprint density at radius 2 is 0.765 bits per heavy atom. The fourth-order valence-corrected chi connectivity index (χ4v) is 5.25. The summed E-state index contributed by atoms with van der Waals surface area (Å²) in [5.41, 5.74) is 10.9. The van der Waals surface area contributed by atoms with Crippen molar-refractivity contribution >= 4 is 0 Å². The number of hydrogen-bond donors (Lipinski definition) is 0. The van der Waals surface area contributed by atoms with Crippen LogP contribution in [0.5, 0.6) is 0 Å². The molecular weight excluding hydrogens is 507 g/mol. The molecule has 1 heterocycles. The smallest absolute Gasteiger partial charge is 0.358 e. The van der Waals surface area contributed by atoms with E-state index in [1.165, 1.54) is 44.8 Å². The standard InChI is InChI=1S/C29H40N2.2CH3.Pd/c1-18(2)24-13-22(9)14-25(19(3)4)28(24)30-11-12-31(17-30)29-26(20(5)6)15-23(10)16-27(29)21(7)8;;;/h11-16,18-21H,1-10H3;2*1H3;/q;2*-1;. The largest absolute Gasteiger partial charge is 0.358 e. The van der Waals surface area contributed by atoms with Crippen LogP contribution in [0, 0.1) is 32.6 Å². The Labute approximate surface area is 220 Å². The second kappa shape index (κ2) is 11.8. The molecule has 0 bridgehead atoms. The molecule has 1 aromatic heterocycles. The van der Waals surface area contributed by atoms with Crippen molar-refractivity contribution in [1.29, 1.82) is 0 Å². The molecule has 0 atom stereocenters. The Bertz CT molecular complexity index is 1020. The van der Waals surface area contributed by atoms with Crippen molar-refractivity contribution in [2.75, 3.05) is 0 Å². The maximum absolute atomic E-state index is 3.67. The van der Waals surface area contributed by atoms with Crippen LogP contribution in [0.2, 0.25) is 0 Å². The van der Waals surface area contributed by atoms with E-state index < -0.39 is 0 Å². The third-order valence-corrected chi connectivity index (χ3v) is 7.08. The summed E-state index contributed by atoms with van der Waals surface area (Å²) in [7, 11) is 0. The molecule has 0 spiro atoms. The SMILES string of the molecule is Cc1cc(C(C)C)c(-n2ccn(-c3c(C(C)C)cc(C)cc3C(C)C)[c]2=[Pd])c(C(C)C)c1.[CH3-].[CH3-]. The van der Waals surface area contributed by atoms with Gasteiger partial charge in [0.1, 0.15) is 0 Å². The average molecular weight is 553 g/mol. The zero-order valence-corrected chi connectivity index (χ0v) is 25.0. The third-order valence-electron chi connectivity index (χ3n) is 6.33. The predicted molar refractivity (Wildman–Crippen MR) is 147 cm³/mol. The molecule has 0 amide bonds. The molecule has 0 radical (unpaired) electrons. The molecule has 192 valence electrons. The number of imidazole rings is 1. The van der Waals surface area contributed by atoms with E-state index in [0.29, 0.717) is 23.7 Å². The second-order valence-electron chi connectivity index (χ2n) is 10.5. The Balaban J connectivity index is 0.00000289. The van der Waals surface area contributed by atoms with Gasteiger partial charge in [-0.2, -0.15) is 0 Å². The van der Waals surface area contributed by atoms with Crippen molar-refractivity contribution < 1.29 is 18.7 Å². The predicted octanol–water partition coefficient (Wildman–Crippen LogP) is 9.36. The number of hydrogen-bond acceptors (Lipinski definition) is 0. The number of nitrogens with zero attached hydrogens (tertiary/aromatic N) is 2. The van der Waals surface area contributed by atoms with Gasteiger partial charge in [-0.25, -0.2) is 0 Å². The summed E-state index contributed by atoms with van der Waals surface area (Å²) < 4.78 is 5.83. The van der Waals surface area contributed by atoms with Crippen LogP contribution in [0.25, 0.3) is 11.4 Å². The second-order valence-corrected chi connectivity index (χ2v) is 11.2. The van der Waals surface area contributed by atoms with Gasteiger partial charge in [-0.05, 0) is 0 Å². The van der Waals surface area contributed by atoms with E-state index in [0.717, 1.165) is 3.89 Å². The Morgan fingerprint density at radius 1 is 0.529 bits per heavy atom. The molecule has 0 saturated carbocycles. The van der Waals surface area contributed by atoms with Crippen LogP contribution < -0.4 is 0 Å². The van der Waals surface area contributed by atoms with Gasteiger partial charge in [0.2, 0.25) is 0 Å². The first-order chi connectivity index (χ1) is 14.9. The number of rotatable bonds is 6. The molecule has 3 heteroatoms. The van der Waals surface area contributed by atoms with Crippen molar-refractivity contribution in [1.82, 2.24) is 9.13 Å². The van der Waals surface area contributed by atoms with Gasteiger partial charge in [-0.3, -0.25) is 0 Å². The van der Waals surface area contributed by atoms with Gasteiger partial charge < -0.3 is 14.9 Å². The Morgan fingerprint density at radius 3 is 0.971 bits per heavy atom. The zero-order chi connectivity index (χ0) is 23.9. The summed E-state index contributed by atoms with van der Waals surface area (Å²) in [6.45, 7) is 22.8. The van der Waals surface area contributed by atoms with E-state index in [2.05, 4.69) is 134 Å². The molecule has 0 N–H and O–H groups in total. The van der Waals surface area contributed by atoms with Gasteiger partial charge in [0, 0.05) is 0 Å². The van der Waals surface area contributed by atoms with Gasteiger partial charge in [0.05, 0.1) is 0 Å². The molecule has 2 nitrogen and oxygen atoms in total. The molecule has 34 heavy (non-hydrogen) atoms. The van der Waals surface area contributed by atoms with Crippen molar-refractivity contribution in [2.24, 2.45) is 0 Å². The Hall–Kier alpha value is -1.69. The molecule has 0 aliphatic carbocycles. The molecule has 2 aromatic carbocycles. The third kappa shape index (κ3) is 5.75. The topological polar surface area (TPSA) is 9.86 Å². The average Bonchev–Trinajstić information content (AvgIpc) is 3.07. The summed E-state index contributed by atoms with van der Waals surface area (Å²) in [6, 6.07) is 9.44. The first-order valence-electron chi connectivity index (χ1n) is 12.0. The van der Waals surface area contributed by atoms with Crippen LogP contribution >= 0.6 is 0 Å². The zero-order valence-electron chi connectivity index (χ0n) is 23.5. The minimum absolute atomic E-state index is 0. The minimum atomic E-state index is 0. The first kappa shape index (κ1) is 30.3. The van der Waals surface area contributed by atoms with Gasteiger partial charge in [0.25, 0.3) is 0 Å². The van der Waals surface area contributed by atoms with Crippen LogP contribution in [-0.4, -0.2) is 9.13 Å². The van der Waals surface area contributed by atoms with Crippen LogP contribution in [-0.2, 0) is 18.7 Å². The number of aryl methyl sites for hydroxylation is 2. The molecule has 3 rings (SSSR count). The number of benzene rings is 2. The van der Waals surface area contributed by atoms with Gasteiger partial charge in [-0.15, -0.1) is 0 Å². The van der Waals surface area contributed by atoms with Crippen molar-refractivity contribution in [3.05, 3.63) is 88.8 Å². The van der Waals surface area contributed by atoms with Crippen LogP contribution in [0.4, 0.5) is 0 Å². The van der Waals surface area contributed by atoms with Crippen LogP contribution in [0.3, 0.4) is 0 Å². The van der Waals surface area contributed by atoms with Gasteiger partial charge in [-0.1, -0.05) is 0 Å². The van der Waals surface area contributed by atoms with Crippen molar-refractivity contribution in [2.45, 2.75) is 92.9 Å². The molecule has 0 aliphatic rings. The normalized spacial score (nSPS) is 11.4. The van der Waals surface area contributed by atoms with Crippen molar-refractivity contribution in [3.63, 3.8) is 0 Å². The van der Waals surface area contributed by atoms with Gasteiger partial charge in [0.15, 0.2) is 0 Å². The summed E-state index contributed by atoms with van der Waals surface area (Å²) in [4.78, 5) is 0.